The highest BCUT2D eigenvalue weighted by atomic mass is 16.5. The van der Waals surface area contributed by atoms with Crippen molar-refractivity contribution >= 4 is 0 Å². The van der Waals surface area contributed by atoms with E-state index >= 15 is 0 Å². The van der Waals surface area contributed by atoms with E-state index in [9.17, 15) is 5.11 Å². The fourth-order valence-electron chi connectivity index (χ4n) is 1.52. The molecule has 0 radical (unpaired) electrons. The Labute approximate surface area is 105 Å². The standard InChI is InChI=1S/C13H27NO3/c1-2-3-6-16-7-8-17-11-13(15)10-14-9-12-4-5-12/h12-15H,2-11H2,1H3. The Balaban J connectivity index is 1.74. The van der Waals surface area contributed by atoms with Crippen LogP contribution in [0.2, 0.25) is 0 Å². The molecule has 0 aromatic heterocycles. The summed E-state index contributed by atoms with van der Waals surface area (Å²) in [5.41, 5.74) is 0. The summed E-state index contributed by atoms with van der Waals surface area (Å²) in [6, 6.07) is 0. The molecule has 1 rings (SSSR count). The van der Waals surface area contributed by atoms with Gasteiger partial charge in [-0.25, -0.2) is 0 Å². The molecule has 102 valence electrons. The van der Waals surface area contributed by atoms with E-state index in [0.29, 0.717) is 26.4 Å². The fraction of sp³-hybridized carbons (Fsp3) is 1.00. The zero-order valence-electron chi connectivity index (χ0n) is 11.0. The first-order valence-electron chi connectivity index (χ1n) is 6.87. The second kappa shape index (κ2) is 9.83. The van der Waals surface area contributed by atoms with Crippen LogP contribution in [-0.2, 0) is 9.47 Å². The summed E-state index contributed by atoms with van der Waals surface area (Å²) < 4.78 is 10.7. The molecule has 1 fully saturated rings. The summed E-state index contributed by atoms with van der Waals surface area (Å²) in [7, 11) is 0. The van der Waals surface area contributed by atoms with Crippen molar-refractivity contribution in [1.29, 1.82) is 0 Å². The van der Waals surface area contributed by atoms with Crippen molar-refractivity contribution in [3.63, 3.8) is 0 Å². The number of rotatable bonds is 12. The molecule has 0 spiro atoms. The van der Waals surface area contributed by atoms with Gasteiger partial charge in [-0.05, 0) is 31.7 Å². The minimum absolute atomic E-state index is 0.398. The van der Waals surface area contributed by atoms with Crippen LogP contribution in [0.4, 0.5) is 0 Å². The maximum Gasteiger partial charge on any atom is 0.0897 e. The molecule has 1 atom stereocenters. The molecule has 17 heavy (non-hydrogen) atoms. The summed E-state index contributed by atoms with van der Waals surface area (Å²) in [4.78, 5) is 0. The molecule has 1 aliphatic carbocycles. The molecule has 4 heteroatoms. The Kier molecular flexibility index (Phi) is 8.61. The molecule has 0 aromatic carbocycles. The second-order valence-electron chi connectivity index (χ2n) is 4.80. The molecular weight excluding hydrogens is 218 g/mol. The van der Waals surface area contributed by atoms with Gasteiger partial charge in [0.15, 0.2) is 0 Å². The largest absolute Gasteiger partial charge is 0.389 e. The van der Waals surface area contributed by atoms with Gasteiger partial charge in [0, 0.05) is 13.2 Å². The van der Waals surface area contributed by atoms with Crippen molar-refractivity contribution in [2.75, 3.05) is 39.5 Å². The van der Waals surface area contributed by atoms with E-state index in [1.165, 1.54) is 12.8 Å². The number of ether oxygens (including phenoxy) is 2. The number of aliphatic hydroxyl groups excluding tert-OH is 1. The number of unbranched alkanes of at least 4 members (excludes halogenated alkanes) is 1. The normalized spacial score (nSPS) is 17.3. The molecule has 0 aliphatic heterocycles. The maximum absolute atomic E-state index is 9.59. The predicted octanol–water partition coefficient (Wildman–Crippen LogP) is 1.18. The van der Waals surface area contributed by atoms with Crippen molar-refractivity contribution in [2.45, 2.75) is 38.7 Å². The van der Waals surface area contributed by atoms with E-state index in [0.717, 1.165) is 31.9 Å². The molecule has 0 aromatic rings. The SMILES string of the molecule is CCCCOCCOCC(O)CNCC1CC1. The minimum atomic E-state index is -0.399. The van der Waals surface area contributed by atoms with Gasteiger partial charge in [-0.2, -0.15) is 0 Å². The zero-order valence-corrected chi connectivity index (χ0v) is 11.0. The highest BCUT2D eigenvalue weighted by Gasteiger charge is 2.20. The molecule has 0 amide bonds. The third-order valence-electron chi connectivity index (χ3n) is 2.83. The molecule has 0 heterocycles. The molecule has 1 saturated carbocycles. The first-order chi connectivity index (χ1) is 8.33. The fourth-order valence-corrected chi connectivity index (χ4v) is 1.52. The summed E-state index contributed by atoms with van der Waals surface area (Å²) in [6.07, 6.45) is 4.55. The van der Waals surface area contributed by atoms with Crippen LogP contribution in [0.1, 0.15) is 32.6 Å². The molecule has 1 aliphatic rings. The quantitative estimate of drug-likeness (QED) is 0.507. The molecule has 0 bridgehead atoms. The Bertz CT molecular complexity index is 174. The van der Waals surface area contributed by atoms with Gasteiger partial charge >= 0.3 is 0 Å². The highest BCUT2D eigenvalue weighted by Crippen LogP contribution is 2.27. The lowest BCUT2D eigenvalue weighted by Gasteiger charge is -2.12. The lowest BCUT2D eigenvalue weighted by atomic mass is 10.3. The Morgan fingerprint density at radius 2 is 2.00 bits per heavy atom. The zero-order chi connectivity index (χ0) is 12.3. The number of hydrogen-bond acceptors (Lipinski definition) is 4. The third-order valence-corrected chi connectivity index (χ3v) is 2.83. The van der Waals surface area contributed by atoms with Crippen LogP contribution >= 0.6 is 0 Å². The second-order valence-corrected chi connectivity index (χ2v) is 4.80. The van der Waals surface area contributed by atoms with Crippen molar-refractivity contribution < 1.29 is 14.6 Å². The Hall–Kier alpha value is -0.160. The van der Waals surface area contributed by atoms with Gasteiger partial charge < -0.3 is 19.9 Å². The van der Waals surface area contributed by atoms with E-state index in [2.05, 4.69) is 12.2 Å². The van der Waals surface area contributed by atoms with Crippen LogP contribution in [0.15, 0.2) is 0 Å². The van der Waals surface area contributed by atoms with Crippen LogP contribution in [0.25, 0.3) is 0 Å². The van der Waals surface area contributed by atoms with Crippen molar-refractivity contribution in [2.24, 2.45) is 5.92 Å². The van der Waals surface area contributed by atoms with Crippen LogP contribution in [0, 0.1) is 5.92 Å². The van der Waals surface area contributed by atoms with Crippen LogP contribution in [0.3, 0.4) is 0 Å². The molecule has 0 saturated heterocycles. The first-order valence-corrected chi connectivity index (χ1v) is 6.87. The number of aliphatic hydroxyl groups is 1. The molecule has 1 unspecified atom stereocenters. The van der Waals surface area contributed by atoms with E-state index < -0.39 is 6.10 Å². The average molecular weight is 245 g/mol. The van der Waals surface area contributed by atoms with Crippen molar-refractivity contribution in [3.8, 4) is 0 Å². The van der Waals surface area contributed by atoms with Gasteiger partial charge in [-0.1, -0.05) is 13.3 Å². The number of nitrogens with one attached hydrogen (secondary N) is 1. The molecule has 2 N–H and O–H groups in total. The van der Waals surface area contributed by atoms with Gasteiger partial charge in [0.05, 0.1) is 25.9 Å². The number of hydrogen-bond donors (Lipinski definition) is 2. The van der Waals surface area contributed by atoms with Crippen molar-refractivity contribution in [3.05, 3.63) is 0 Å². The predicted molar refractivity (Wildman–Crippen MR) is 68.1 cm³/mol. The van der Waals surface area contributed by atoms with E-state index in [1.54, 1.807) is 0 Å². The van der Waals surface area contributed by atoms with E-state index in [1.807, 2.05) is 0 Å². The van der Waals surface area contributed by atoms with Crippen LogP contribution < -0.4 is 5.32 Å². The maximum atomic E-state index is 9.59. The monoisotopic (exact) mass is 245 g/mol. The van der Waals surface area contributed by atoms with E-state index in [-0.39, 0.29) is 0 Å². The minimum Gasteiger partial charge on any atom is -0.389 e. The Morgan fingerprint density at radius 1 is 1.24 bits per heavy atom. The van der Waals surface area contributed by atoms with Crippen LogP contribution in [0.5, 0.6) is 0 Å². The van der Waals surface area contributed by atoms with Gasteiger partial charge in [-0.3, -0.25) is 0 Å². The van der Waals surface area contributed by atoms with Gasteiger partial charge in [-0.15, -0.1) is 0 Å². The van der Waals surface area contributed by atoms with Crippen LogP contribution in [-0.4, -0.2) is 50.7 Å². The average Bonchev–Trinajstić information content (AvgIpc) is 3.12. The van der Waals surface area contributed by atoms with Gasteiger partial charge in [0.25, 0.3) is 0 Å². The third kappa shape index (κ3) is 9.53. The van der Waals surface area contributed by atoms with Gasteiger partial charge in [0.2, 0.25) is 0 Å². The lowest BCUT2D eigenvalue weighted by molar-refractivity contribution is 0.00392. The molecule has 4 nitrogen and oxygen atoms in total. The summed E-state index contributed by atoms with van der Waals surface area (Å²) in [5.74, 6) is 0.857. The smallest absolute Gasteiger partial charge is 0.0897 e. The molecular formula is C13H27NO3. The first kappa shape index (κ1) is 14.9. The topological polar surface area (TPSA) is 50.7 Å². The highest BCUT2D eigenvalue weighted by molar-refractivity contribution is 4.75. The summed E-state index contributed by atoms with van der Waals surface area (Å²) >= 11 is 0. The summed E-state index contributed by atoms with van der Waals surface area (Å²) in [5, 5.41) is 12.8. The van der Waals surface area contributed by atoms with Gasteiger partial charge in [0.1, 0.15) is 0 Å². The van der Waals surface area contributed by atoms with E-state index in [4.69, 9.17) is 9.47 Å². The van der Waals surface area contributed by atoms with Crippen molar-refractivity contribution in [1.82, 2.24) is 5.32 Å². The lowest BCUT2D eigenvalue weighted by Crippen LogP contribution is -2.32. The Morgan fingerprint density at radius 3 is 2.71 bits per heavy atom. The summed E-state index contributed by atoms with van der Waals surface area (Å²) in [6.45, 7) is 6.22.